The monoisotopic (exact) mass is 347 g/mol. The number of nitrogens with one attached hydrogen (secondary N) is 1. The molecule has 21 heavy (non-hydrogen) atoms. The van der Waals surface area contributed by atoms with Crippen LogP contribution in [0.5, 0.6) is 5.75 Å². The highest BCUT2D eigenvalue weighted by Crippen LogP contribution is 2.26. The molecule has 0 atom stereocenters. The van der Waals surface area contributed by atoms with E-state index in [4.69, 9.17) is 4.74 Å². The number of benzene rings is 2. The highest BCUT2D eigenvalue weighted by atomic mass is 79.9. The highest BCUT2D eigenvalue weighted by molar-refractivity contribution is 9.10. The maximum absolute atomic E-state index is 5.85. The Morgan fingerprint density at radius 2 is 1.76 bits per heavy atom. The standard InChI is InChI=1S/C18H22BrNO/c1-3-10-20-12-15-5-7-16(8-6-15)13-21-18-9-4-14(2)11-17(18)19/h4-9,11,20H,3,10,12-13H2,1-2H3. The molecule has 0 saturated carbocycles. The topological polar surface area (TPSA) is 21.3 Å². The Balaban J connectivity index is 1.88. The summed E-state index contributed by atoms with van der Waals surface area (Å²) in [6.45, 7) is 6.83. The summed E-state index contributed by atoms with van der Waals surface area (Å²) in [5.41, 5.74) is 3.71. The summed E-state index contributed by atoms with van der Waals surface area (Å²) in [5.74, 6) is 0.884. The van der Waals surface area contributed by atoms with Crippen molar-refractivity contribution in [2.45, 2.75) is 33.4 Å². The molecule has 0 amide bonds. The zero-order chi connectivity index (χ0) is 15.1. The molecule has 2 nitrogen and oxygen atoms in total. The summed E-state index contributed by atoms with van der Waals surface area (Å²) in [7, 11) is 0. The first kappa shape index (κ1) is 16.1. The van der Waals surface area contributed by atoms with Crippen molar-refractivity contribution >= 4 is 15.9 Å². The molecule has 0 aliphatic rings. The number of hydrogen-bond donors (Lipinski definition) is 1. The molecule has 0 fully saturated rings. The zero-order valence-electron chi connectivity index (χ0n) is 12.7. The fraction of sp³-hybridized carbons (Fsp3) is 0.333. The van der Waals surface area contributed by atoms with Crippen molar-refractivity contribution in [2.24, 2.45) is 0 Å². The Labute approximate surface area is 135 Å². The summed E-state index contributed by atoms with van der Waals surface area (Å²) in [4.78, 5) is 0. The van der Waals surface area contributed by atoms with Gasteiger partial charge >= 0.3 is 0 Å². The van der Waals surface area contributed by atoms with E-state index in [1.807, 2.05) is 6.07 Å². The minimum atomic E-state index is 0.588. The lowest BCUT2D eigenvalue weighted by Gasteiger charge is -2.10. The van der Waals surface area contributed by atoms with Gasteiger partial charge in [0.1, 0.15) is 12.4 Å². The summed E-state index contributed by atoms with van der Waals surface area (Å²) in [5, 5.41) is 3.40. The van der Waals surface area contributed by atoms with Crippen LogP contribution in [0.3, 0.4) is 0 Å². The van der Waals surface area contributed by atoms with E-state index < -0.39 is 0 Å². The van der Waals surface area contributed by atoms with Crippen LogP contribution < -0.4 is 10.1 Å². The Kier molecular flexibility index (Phi) is 6.27. The van der Waals surface area contributed by atoms with E-state index in [9.17, 15) is 0 Å². The molecule has 1 N–H and O–H groups in total. The lowest BCUT2D eigenvalue weighted by Crippen LogP contribution is -2.13. The number of aryl methyl sites for hydroxylation is 1. The van der Waals surface area contributed by atoms with Gasteiger partial charge in [-0.05, 0) is 64.6 Å². The maximum Gasteiger partial charge on any atom is 0.134 e. The van der Waals surface area contributed by atoms with Gasteiger partial charge in [0.25, 0.3) is 0 Å². The second-order valence-corrected chi connectivity index (χ2v) is 6.07. The molecule has 0 unspecified atom stereocenters. The minimum Gasteiger partial charge on any atom is -0.488 e. The van der Waals surface area contributed by atoms with Gasteiger partial charge in [0, 0.05) is 6.54 Å². The van der Waals surface area contributed by atoms with Crippen molar-refractivity contribution < 1.29 is 4.74 Å². The Hall–Kier alpha value is -1.32. The molecular weight excluding hydrogens is 326 g/mol. The smallest absolute Gasteiger partial charge is 0.134 e. The fourth-order valence-corrected chi connectivity index (χ4v) is 2.65. The molecule has 0 spiro atoms. The first-order valence-electron chi connectivity index (χ1n) is 7.36. The second-order valence-electron chi connectivity index (χ2n) is 5.22. The zero-order valence-corrected chi connectivity index (χ0v) is 14.2. The molecule has 0 saturated heterocycles. The van der Waals surface area contributed by atoms with Gasteiger partial charge < -0.3 is 10.1 Å². The van der Waals surface area contributed by atoms with Gasteiger partial charge in [-0.25, -0.2) is 0 Å². The fourth-order valence-electron chi connectivity index (χ4n) is 2.05. The normalized spacial score (nSPS) is 10.6. The van der Waals surface area contributed by atoms with E-state index in [2.05, 4.69) is 71.5 Å². The highest BCUT2D eigenvalue weighted by Gasteiger charge is 2.02. The number of hydrogen-bond acceptors (Lipinski definition) is 2. The molecule has 0 bridgehead atoms. The van der Waals surface area contributed by atoms with Gasteiger partial charge in [-0.2, -0.15) is 0 Å². The molecule has 0 heterocycles. The van der Waals surface area contributed by atoms with Crippen molar-refractivity contribution in [1.82, 2.24) is 5.32 Å². The van der Waals surface area contributed by atoms with E-state index in [0.717, 1.165) is 29.7 Å². The van der Waals surface area contributed by atoms with Crippen LogP contribution >= 0.6 is 15.9 Å². The SMILES string of the molecule is CCCNCc1ccc(COc2ccc(C)cc2Br)cc1. The molecule has 0 radical (unpaired) electrons. The van der Waals surface area contributed by atoms with Gasteiger partial charge in [0.05, 0.1) is 4.47 Å². The second kappa shape index (κ2) is 8.20. The van der Waals surface area contributed by atoms with Crippen LogP contribution in [0, 0.1) is 6.92 Å². The van der Waals surface area contributed by atoms with Crippen molar-refractivity contribution in [3.8, 4) is 5.75 Å². The summed E-state index contributed by atoms with van der Waals surface area (Å²) in [6, 6.07) is 14.7. The van der Waals surface area contributed by atoms with E-state index in [0.29, 0.717) is 6.61 Å². The summed E-state index contributed by atoms with van der Waals surface area (Å²) >= 11 is 3.53. The van der Waals surface area contributed by atoms with Crippen LogP contribution in [0.25, 0.3) is 0 Å². The van der Waals surface area contributed by atoms with Crippen molar-refractivity contribution in [3.05, 3.63) is 63.6 Å². The molecule has 0 aliphatic heterocycles. The number of ether oxygens (including phenoxy) is 1. The van der Waals surface area contributed by atoms with Crippen LogP contribution in [0.15, 0.2) is 46.9 Å². The first-order chi connectivity index (χ1) is 10.2. The minimum absolute atomic E-state index is 0.588. The largest absolute Gasteiger partial charge is 0.488 e. The van der Waals surface area contributed by atoms with Crippen molar-refractivity contribution in [1.29, 1.82) is 0 Å². The Bertz CT molecular complexity index is 566. The number of rotatable bonds is 7. The molecule has 0 aromatic heterocycles. The summed E-state index contributed by atoms with van der Waals surface area (Å²) < 4.78 is 6.86. The van der Waals surface area contributed by atoms with Gasteiger partial charge in [-0.1, -0.05) is 37.3 Å². The average Bonchev–Trinajstić information content (AvgIpc) is 2.48. The van der Waals surface area contributed by atoms with Crippen molar-refractivity contribution in [3.63, 3.8) is 0 Å². The Morgan fingerprint density at radius 3 is 2.43 bits per heavy atom. The summed E-state index contributed by atoms with van der Waals surface area (Å²) in [6.07, 6.45) is 1.16. The molecule has 2 aromatic rings. The molecular formula is C18H22BrNO. The lowest BCUT2D eigenvalue weighted by molar-refractivity contribution is 0.304. The third-order valence-corrected chi connectivity index (χ3v) is 3.88. The van der Waals surface area contributed by atoms with Gasteiger partial charge in [-0.15, -0.1) is 0 Å². The van der Waals surface area contributed by atoms with Crippen LogP contribution in [0.1, 0.15) is 30.0 Å². The number of halogens is 1. The maximum atomic E-state index is 5.85. The lowest BCUT2D eigenvalue weighted by atomic mass is 10.1. The molecule has 112 valence electrons. The predicted octanol–water partition coefficient (Wildman–Crippen LogP) is 4.84. The quantitative estimate of drug-likeness (QED) is 0.723. The molecule has 2 aromatic carbocycles. The van der Waals surface area contributed by atoms with Gasteiger partial charge in [0.2, 0.25) is 0 Å². The van der Waals surface area contributed by atoms with Crippen LogP contribution in [0.2, 0.25) is 0 Å². The van der Waals surface area contributed by atoms with Gasteiger partial charge in [0.15, 0.2) is 0 Å². The van der Waals surface area contributed by atoms with E-state index in [1.54, 1.807) is 0 Å². The van der Waals surface area contributed by atoms with Crippen molar-refractivity contribution in [2.75, 3.05) is 6.54 Å². The van der Waals surface area contributed by atoms with Gasteiger partial charge in [-0.3, -0.25) is 0 Å². The van der Waals surface area contributed by atoms with Crippen LogP contribution in [-0.2, 0) is 13.2 Å². The first-order valence-corrected chi connectivity index (χ1v) is 8.16. The molecule has 3 heteroatoms. The molecule has 0 aliphatic carbocycles. The molecule has 2 rings (SSSR count). The van der Waals surface area contributed by atoms with E-state index in [-0.39, 0.29) is 0 Å². The Morgan fingerprint density at radius 1 is 1.05 bits per heavy atom. The van der Waals surface area contributed by atoms with E-state index >= 15 is 0 Å². The third kappa shape index (κ3) is 5.18. The third-order valence-electron chi connectivity index (χ3n) is 3.26. The van der Waals surface area contributed by atoms with E-state index in [1.165, 1.54) is 16.7 Å². The van der Waals surface area contributed by atoms with Crippen LogP contribution in [-0.4, -0.2) is 6.54 Å². The average molecular weight is 348 g/mol. The van der Waals surface area contributed by atoms with Crippen LogP contribution in [0.4, 0.5) is 0 Å². The predicted molar refractivity (Wildman–Crippen MR) is 91.7 cm³/mol.